The molecule has 0 bridgehead atoms. The molecule has 0 unspecified atom stereocenters. The third kappa shape index (κ3) is 5.75. The average Bonchev–Trinajstić information content (AvgIpc) is 2.71. The quantitative estimate of drug-likeness (QED) is 0.587. The van der Waals surface area contributed by atoms with E-state index in [-0.39, 0.29) is 24.7 Å². The maximum absolute atomic E-state index is 12.6. The van der Waals surface area contributed by atoms with Crippen molar-refractivity contribution in [2.24, 2.45) is 0 Å². The SMILES string of the molecule is COc1cc(-n2cnc(OCc3ccc(Cl)cc3)cc2=O)ccc1OCC(C)(C)O. The number of aromatic nitrogens is 2. The Hall–Kier alpha value is -3.03. The summed E-state index contributed by atoms with van der Waals surface area (Å²) in [6.07, 6.45) is 1.39. The van der Waals surface area contributed by atoms with Gasteiger partial charge in [-0.15, -0.1) is 0 Å². The van der Waals surface area contributed by atoms with Crippen LogP contribution in [0.4, 0.5) is 0 Å². The number of benzene rings is 2. The van der Waals surface area contributed by atoms with Gasteiger partial charge in [0.2, 0.25) is 5.88 Å². The lowest BCUT2D eigenvalue weighted by Gasteiger charge is -2.19. The second-order valence-electron chi connectivity index (χ2n) is 7.29. The van der Waals surface area contributed by atoms with Crippen LogP contribution in [-0.2, 0) is 6.61 Å². The van der Waals surface area contributed by atoms with Crippen molar-refractivity contribution >= 4 is 11.6 Å². The lowest BCUT2D eigenvalue weighted by atomic mass is 10.2. The topological polar surface area (TPSA) is 82.8 Å². The first-order valence-corrected chi connectivity index (χ1v) is 9.62. The van der Waals surface area contributed by atoms with Crippen molar-refractivity contribution in [3.8, 4) is 23.1 Å². The molecular weight excluding hydrogens is 408 g/mol. The first kappa shape index (κ1) is 21.7. The van der Waals surface area contributed by atoms with Gasteiger partial charge < -0.3 is 19.3 Å². The Kier molecular flexibility index (Phi) is 6.64. The van der Waals surface area contributed by atoms with E-state index in [2.05, 4.69) is 4.98 Å². The van der Waals surface area contributed by atoms with Crippen molar-refractivity contribution in [3.05, 3.63) is 75.8 Å². The van der Waals surface area contributed by atoms with E-state index in [0.29, 0.717) is 22.2 Å². The summed E-state index contributed by atoms with van der Waals surface area (Å²) < 4.78 is 17.9. The van der Waals surface area contributed by atoms with Gasteiger partial charge in [-0.05, 0) is 43.7 Å². The molecule has 0 saturated carbocycles. The number of halogens is 1. The predicted octanol–water partition coefficient (Wildman–Crippen LogP) is 3.62. The van der Waals surface area contributed by atoms with Crippen LogP contribution >= 0.6 is 11.6 Å². The minimum atomic E-state index is -0.980. The van der Waals surface area contributed by atoms with E-state index in [9.17, 15) is 9.90 Å². The normalized spacial score (nSPS) is 11.2. The van der Waals surface area contributed by atoms with Gasteiger partial charge in [-0.25, -0.2) is 4.98 Å². The fraction of sp³-hybridized carbons (Fsp3) is 0.273. The predicted molar refractivity (Wildman–Crippen MR) is 114 cm³/mol. The van der Waals surface area contributed by atoms with Crippen LogP contribution in [0.3, 0.4) is 0 Å². The van der Waals surface area contributed by atoms with Gasteiger partial charge in [0.25, 0.3) is 5.56 Å². The van der Waals surface area contributed by atoms with Crippen molar-refractivity contribution in [1.82, 2.24) is 9.55 Å². The van der Waals surface area contributed by atoms with Gasteiger partial charge in [0.15, 0.2) is 11.5 Å². The number of methoxy groups -OCH3 is 1. The molecule has 3 aromatic rings. The summed E-state index contributed by atoms with van der Waals surface area (Å²) >= 11 is 5.87. The molecule has 0 aliphatic heterocycles. The summed E-state index contributed by atoms with van der Waals surface area (Å²) in [6, 6.07) is 13.6. The minimum Gasteiger partial charge on any atom is -0.493 e. The standard InChI is InChI=1S/C22H23ClN2O5/c1-22(2,27)13-30-18-9-8-17(10-19(18)28-3)25-14-24-20(11-21(25)26)29-12-15-4-6-16(23)7-5-15/h4-11,14,27H,12-13H2,1-3H3. The molecule has 0 amide bonds. The molecule has 7 nitrogen and oxygen atoms in total. The summed E-state index contributed by atoms with van der Waals surface area (Å²) in [5, 5.41) is 10.5. The van der Waals surface area contributed by atoms with Gasteiger partial charge in [-0.2, -0.15) is 0 Å². The summed E-state index contributed by atoms with van der Waals surface area (Å²) in [6.45, 7) is 3.67. The van der Waals surface area contributed by atoms with Crippen LogP contribution < -0.4 is 19.8 Å². The fourth-order valence-corrected chi connectivity index (χ4v) is 2.70. The van der Waals surface area contributed by atoms with Crippen LogP contribution in [0, 0.1) is 0 Å². The second kappa shape index (κ2) is 9.19. The molecule has 0 aliphatic rings. The monoisotopic (exact) mass is 430 g/mol. The Morgan fingerprint density at radius 3 is 2.43 bits per heavy atom. The van der Waals surface area contributed by atoms with Gasteiger partial charge in [0.1, 0.15) is 19.5 Å². The summed E-state index contributed by atoms with van der Waals surface area (Å²) in [5.74, 6) is 1.13. The first-order valence-electron chi connectivity index (χ1n) is 9.25. The van der Waals surface area contributed by atoms with E-state index < -0.39 is 5.60 Å². The van der Waals surface area contributed by atoms with Crippen molar-refractivity contribution in [2.75, 3.05) is 13.7 Å². The highest BCUT2D eigenvalue weighted by Crippen LogP contribution is 2.29. The largest absolute Gasteiger partial charge is 0.493 e. The second-order valence-corrected chi connectivity index (χ2v) is 7.72. The smallest absolute Gasteiger partial charge is 0.261 e. The van der Waals surface area contributed by atoms with Crippen LogP contribution in [0.2, 0.25) is 5.02 Å². The number of ether oxygens (including phenoxy) is 3. The van der Waals surface area contributed by atoms with Crippen LogP contribution in [0.15, 0.2) is 59.7 Å². The Morgan fingerprint density at radius 1 is 1.07 bits per heavy atom. The minimum absolute atomic E-state index is 0.101. The number of rotatable bonds is 8. The Morgan fingerprint density at radius 2 is 1.80 bits per heavy atom. The van der Waals surface area contributed by atoms with E-state index in [1.165, 1.54) is 24.1 Å². The molecule has 30 heavy (non-hydrogen) atoms. The average molecular weight is 431 g/mol. The van der Waals surface area contributed by atoms with Crippen LogP contribution in [0.5, 0.6) is 17.4 Å². The number of hydrogen-bond acceptors (Lipinski definition) is 6. The lowest BCUT2D eigenvalue weighted by Crippen LogP contribution is -2.28. The lowest BCUT2D eigenvalue weighted by molar-refractivity contribution is 0.0276. The fourth-order valence-electron chi connectivity index (χ4n) is 2.57. The van der Waals surface area contributed by atoms with Gasteiger partial charge >= 0.3 is 0 Å². The summed E-state index contributed by atoms with van der Waals surface area (Å²) in [7, 11) is 1.50. The zero-order valence-electron chi connectivity index (χ0n) is 17.0. The molecule has 0 spiro atoms. The van der Waals surface area contributed by atoms with Crippen molar-refractivity contribution in [2.45, 2.75) is 26.1 Å². The zero-order chi connectivity index (χ0) is 21.7. The van der Waals surface area contributed by atoms with Crippen LogP contribution in [-0.4, -0.2) is 34.0 Å². The zero-order valence-corrected chi connectivity index (χ0v) is 17.7. The van der Waals surface area contributed by atoms with E-state index in [0.717, 1.165) is 5.56 Å². The molecule has 158 valence electrons. The number of hydrogen-bond donors (Lipinski definition) is 1. The van der Waals surface area contributed by atoms with E-state index in [1.54, 1.807) is 44.2 Å². The van der Waals surface area contributed by atoms with Gasteiger partial charge in [-0.1, -0.05) is 23.7 Å². The first-order chi connectivity index (χ1) is 14.2. The summed E-state index contributed by atoms with van der Waals surface area (Å²) in [5.41, 5.74) is 0.191. The van der Waals surface area contributed by atoms with Gasteiger partial charge in [0.05, 0.1) is 24.5 Å². The van der Waals surface area contributed by atoms with Crippen LogP contribution in [0.1, 0.15) is 19.4 Å². The molecule has 0 fully saturated rings. The molecule has 0 saturated heterocycles. The Labute approximate surface area is 179 Å². The van der Waals surface area contributed by atoms with E-state index in [4.69, 9.17) is 25.8 Å². The molecule has 8 heteroatoms. The highest BCUT2D eigenvalue weighted by Gasteiger charge is 2.16. The Balaban J connectivity index is 1.75. The molecule has 1 aromatic heterocycles. The molecule has 3 rings (SSSR count). The maximum Gasteiger partial charge on any atom is 0.261 e. The summed E-state index contributed by atoms with van der Waals surface area (Å²) in [4.78, 5) is 16.8. The molecule has 0 radical (unpaired) electrons. The molecule has 1 N–H and O–H groups in total. The van der Waals surface area contributed by atoms with Crippen LogP contribution in [0.25, 0.3) is 5.69 Å². The van der Waals surface area contributed by atoms with Crippen molar-refractivity contribution < 1.29 is 19.3 Å². The van der Waals surface area contributed by atoms with Crippen molar-refractivity contribution in [3.63, 3.8) is 0 Å². The third-order valence-corrected chi connectivity index (χ3v) is 4.34. The molecule has 0 aliphatic carbocycles. The van der Waals surface area contributed by atoms with E-state index in [1.807, 2.05) is 12.1 Å². The number of nitrogens with zero attached hydrogens (tertiary/aromatic N) is 2. The third-order valence-electron chi connectivity index (χ3n) is 4.09. The molecule has 0 atom stereocenters. The Bertz CT molecular complexity index is 1060. The molecular formula is C22H23ClN2O5. The molecule has 1 heterocycles. The van der Waals surface area contributed by atoms with Gasteiger partial charge in [-0.3, -0.25) is 9.36 Å². The van der Waals surface area contributed by atoms with Crippen molar-refractivity contribution in [1.29, 1.82) is 0 Å². The number of aliphatic hydroxyl groups is 1. The highest BCUT2D eigenvalue weighted by atomic mass is 35.5. The van der Waals surface area contributed by atoms with E-state index >= 15 is 0 Å². The van der Waals surface area contributed by atoms with Gasteiger partial charge in [0, 0.05) is 11.1 Å². The molecule has 2 aromatic carbocycles. The highest BCUT2D eigenvalue weighted by molar-refractivity contribution is 6.30. The maximum atomic E-state index is 12.6.